The van der Waals surface area contributed by atoms with Gasteiger partial charge in [-0.05, 0) is 233 Å². The summed E-state index contributed by atoms with van der Waals surface area (Å²) in [7, 11) is 0. The van der Waals surface area contributed by atoms with E-state index in [4.69, 9.17) is 18.9 Å². The fourth-order valence-corrected chi connectivity index (χ4v) is 16.4. The Morgan fingerprint density at radius 2 is 0.947 bits per heavy atom. The lowest BCUT2D eigenvalue weighted by molar-refractivity contribution is -0.0356. The lowest BCUT2D eigenvalue weighted by Gasteiger charge is -2.58. The van der Waals surface area contributed by atoms with Gasteiger partial charge in [-0.3, -0.25) is 0 Å². The molecule has 0 spiro atoms. The molecule has 9 atom stereocenters. The van der Waals surface area contributed by atoms with Crippen LogP contribution in [0.1, 0.15) is 192 Å². The van der Waals surface area contributed by atoms with Crippen molar-refractivity contribution in [3.05, 3.63) is 88.0 Å². The molecule has 3 aromatic rings. The Bertz CT molecular complexity index is 2620. The first-order valence-corrected chi connectivity index (χ1v) is 28.9. The van der Waals surface area contributed by atoms with Gasteiger partial charge in [-0.15, -0.1) is 0 Å². The second-order valence-electron chi connectivity index (χ2n) is 27.0. The van der Waals surface area contributed by atoms with Gasteiger partial charge in [0, 0.05) is 47.5 Å². The number of amides is 2. The van der Waals surface area contributed by atoms with E-state index in [-0.39, 0.29) is 35.1 Å². The molecule has 6 fully saturated rings. The molecule has 12 heteroatoms. The zero-order chi connectivity index (χ0) is 53.3. The van der Waals surface area contributed by atoms with E-state index in [1.165, 1.54) is 104 Å². The van der Waals surface area contributed by atoms with E-state index in [1.54, 1.807) is 6.07 Å². The van der Waals surface area contributed by atoms with Gasteiger partial charge in [-0.1, -0.05) is 56.7 Å². The summed E-state index contributed by atoms with van der Waals surface area (Å²) in [5.41, 5.74) is 7.12. The minimum absolute atomic E-state index is 0.0301. The van der Waals surface area contributed by atoms with Crippen molar-refractivity contribution in [2.45, 2.75) is 229 Å². The lowest BCUT2D eigenvalue weighted by Crippen LogP contribution is -2.62. The third-order valence-electron chi connectivity index (χ3n) is 19.1. The number of nitrogens with zero attached hydrogens (tertiary/aromatic N) is 2. The fourth-order valence-electron chi connectivity index (χ4n) is 16.4. The molecule has 0 radical (unpaired) electrons. The Balaban J connectivity index is 0.000000133. The number of fused-ring (bicyclic) bond motifs is 3. The van der Waals surface area contributed by atoms with E-state index in [9.17, 15) is 24.6 Å². The fraction of sp³-hybridized carbons (Fsp3) is 0.667. The number of piperidine rings is 3. The van der Waals surface area contributed by atoms with E-state index in [2.05, 4.69) is 35.6 Å². The van der Waals surface area contributed by atoms with Crippen molar-refractivity contribution < 1.29 is 43.5 Å². The average Bonchev–Trinajstić information content (AvgIpc) is 3.37. The molecule has 6 bridgehead atoms. The second-order valence-corrected chi connectivity index (χ2v) is 27.0. The second kappa shape index (κ2) is 20.1. The predicted octanol–water partition coefficient (Wildman–Crippen LogP) is 13.1. The molecule has 408 valence electrons. The number of ether oxygens (including phenoxy) is 4. The highest BCUT2D eigenvalue weighted by molar-refractivity contribution is 5.70. The summed E-state index contributed by atoms with van der Waals surface area (Å²) in [6.45, 7) is 19.6. The van der Waals surface area contributed by atoms with Crippen LogP contribution in [0.4, 0.5) is 14.4 Å². The maximum absolute atomic E-state index is 13.0. The number of likely N-dealkylation sites (tertiary alicyclic amines) is 2. The monoisotopic (exact) mass is 1030 g/mol. The standard InChI is InChI=1S/C26H37NO5.C21H29NO3.C16H21NO/c1-24(2,3)31-22(28)27-14-13-26-12-8-7-9-19(26)21(27)15-17-10-11-18(16-20(17)26)30-23(29)32-25(4,5)6;1-20(2,3)25-19(24)22-11-10-21-9-5-4-6-16(21)18(22)12-14-7-8-15(23)13-17(14)21;18-12-5-4-11-9-15-13-3-1-2-6-16(13,7-8-17-15)14(11)10-12/h10-11,16,19,21H,7-9,12-15H2,1-6H3;7-8,13,16,18,23H,4-6,9-12H2,1-3H3;4-5,10,13,15,17-18H,1-3,6-9H2. The highest BCUT2D eigenvalue weighted by atomic mass is 16.7. The summed E-state index contributed by atoms with van der Waals surface area (Å²) in [5, 5.41) is 23.6. The number of aromatic hydroxyl groups is 2. The molecule has 3 saturated carbocycles. The summed E-state index contributed by atoms with van der Waals surface area (Å²) >= 11 is 0. The molecule has 3 heterocycles. The first-order chi connectivity index (χ1) is 35.5. The summed E-state index contributed by atoms with van der Waals surface area (Å²) in [4.78, 5) is 42.0. The largest absolute Gasteiger partial charge is 0.514 e. The minimum Gasteiger partial charge on any atom is -0.508 e. The van der Waals surface area contributed by atoms with E-state index >= 15 is 0 Å². The van der Waals surface area contributed by atoms with Crippen molar-refractivity contribution in [2.24, 2.45) is 17.8 Å². The molecule has 3 N–H and O–H groups in total. The van der Waals surface area contributed by atoms with Crippen LogP contribution in [0.5, 0.6) is 17.2 Å². The van der Waals surface area contributed by atoms with E-state index in [1.807, 2.05) is 90.3 Å². The molecule has 12 rings (SSSR count). The highest BCUT2D eigenvalue weighted by Crippen LogP contribution is 2.59. The van der Waals surface area contributed by atoms with Gasteiger partial charge in [-0.2, -0.15) is 0 Å². The quantitative estimate of drug-likeness (QED) is 0.122. The summed E-state index contributed by atoms with van der Waals surface area (Å²) in [6, 6.07) is 18.9. The lowest BCUT2D eigenvalue weighted by atomic mass is 9.52. The third-order valence-corrected chi connectivity index (χ3v) is 19.1. The Labute approximate surface area is 447 Å². The van der Waals surface area contributed by atoms with Crippen molar-refractivity contribution in [2.75, 3.05) is 19.6 Å². The molecule has 0 aromatic heterocycles. The molecular formula is C63H87N3O9. The van der Waals surface area contributed by atoms with Gasteiger partial charge in [0.15, 0.2) is 0 Å². The van der Waals surface area contributed by atoms with Crippen LogP contribution in [-0.2, 0) is 49.7 Å². The normalized spacial score (nSPS) is 31.0. The number of hydrogen-bond acceptors (Lipinski definition) is 10. The molecule has 2 amide bonds. The summed E-state index contributed by atoms with van der Waals surface area (Å²) < 4.78 is 22.3. The summed E-state index contributed by atoms with van der Waals surface area (Å²) in [6.07, 6.45) is 19.8. The van der Waals surface area contributed by atoms with Gasteiger partial charge in [0.2, 0.25) is 0 Å². The Kier molecular flexibility index (Phi) is 14.3. The number of phenols is 2. The Morgan fingerprint density at radius 1 is 0.520 bits per heavy atom. The van der Waals surface area contributed by atoms with Crippen LogP contribution in [0.3, 0.4) is 0 Å². The van der Waals surface area contributed by atoms with E-state index in [0.29, 0.717) is 47.1 Å². The molecule has 3 aromatic carbocycles. The van der Waals surface area contributed by atoms with Crippen molar-refractivity contribution in [1.29, 1.82) is 0 Å². The van der Waals surface area contributed by atoms with Crippen LogP contribution in [0.15, 0.2) is 54.6 Å². The van der Waals surface area contributed by atoms with Crippen LogP contribution >= 0.6 is 0 Å². The van der Waals surface area contributed by atoms with Crippen molar-refractivity contribution in [3.8, 4) is 17.2 Å². The minimum atomic E-state index is -0.677. The van der Waals surface area contributed by atoms with E-state index < -0.39 is 23.0 Å². The maximum atomic E-state index is 13.0. The third kappa shape index (κ3) is 10.5. The highest BCUT2D eigenvalue weighted by Gasteiger charge is 2.57. The number of carbonyl (C=O) groups excluding carboxylic acids is 3. The average molecular weight is 1030 g/mol. The number of carbonyl (C=O) groups is 3. The van der Waals surface area contributed by atoms with Crippen molar-refractivity contribution in [1.82, 2.24) is 15.1 Å². The molecule has 3 aliphatic heterocycles. The van der Waals surface area contributed by atoms with Gasteiger partial charge >= 0.3 is 18.3 Å². The van der Waals surface area contributed by atoms with Gasteiger partial charge < -0.3 is 44.3 Å². The predicted molar refractivity (Wildman–Crippen MR) is 291 cm³/mol. The van der Waals surface area contributed by atoms with Crippen LogP contribution in [0.25, 0.3) is 0 Å². The molecule has 12 nitrogen and oxygen atoms in total. The van der Waals surface area contributed by atoms with Gasteiger partial charge in [0.1, 0.15) is 34.1 Å². The number of rotatable bonds is 1. The van der Waals surface area contributed by atoms with Crippen LogP contribution in [-0.4, -0.2) is 92.9 Å². The molecule has 6 aliphatic carbocycles. The smallest absolute Gasteiger partial charge is 0.508 e. The van der Waals surface area contributed by atoms with Crippen molar-refractivity contribution >= 4 is 18.3 Å². The number of hydrogen-bond donors (Lipinski definition) is 3. The molecular weight excluding hydrogens is 943 g/mol. The Hall–Kier alpha value is -4.97. The molecule has 9 unspecified atom stereocenters. The first-order valence-electron chi connectivity index (χ1n) is 28.9. The number of phenolic OH excluding ortho intramolecular Hbond substituents is 2. The van der Waals surface area contributed by atoms with Gasteiger partial charge in [0.05, 0.1) is 0 Å². The first kappa shape index (κ1) is 53.4. The maximum Gasteiger partial charge on any atom is 0.514 e. The number of benzene rings is 3. The molecule has 3 saturated heterocycles. The molecule has 9 aliphatic rings. The van der Waals surface area contributed by atoms with E-state index in [0.717, 1.165) is 64.0 Å². The zero-order valence-electron chi connectivity index (χ0n) is 46.7. The van der Waals surface area contributed by atoms with Gasteiger partial charge in [0.25, 0.3) is 0 Å². The van der Waals surface area contributed by atoms with Gasteiger partial charge in [-0.25, -0.2) is 14.4 Å². The van der Waals surface area contributed by atoms with Crippen LogP contribution in [0.2, 0.25) is 0 Å². The zero-order valence-corrected chi connectivity index (χ0v) is 46.7. The Morgan fingerprint density at radius 3 is 1.43 bits per heavy atom. The molecule has 75 heavy (non-hydrogen) atoms. The summed E-state index contributed by atoms with van der Waals surface area (Å²) in [5.74, 6) is 3.03. The SMILES string of the molecule is CC(C)(C)OC(=O)N1CCC23CCCCC2C1Cc1ccc(O)cc13.CC(C)(C)OC(=O)Oc1ccc2c(c1)C13CCCCC1C(C2)N(C(=O)OC(C)(C)C)CC3.Oc1ccc2c(c1)C13CCCCC1C(C2)NCC3. The van der Waals surface area contributed by atoms with Crippen LogP contribution in [0, 0.1) is 17.8 Å². The number of nitrogens with one attached hydrogen (secondary N) is 1. The topological polar surface area (TPSA) is 147 Å². The van der Waals surface area contributed by atoms with Crippen LogP contribution < -0.4 is 10.1 Å². The van der Waals surface area contributed by atoms with Crippen molar-refractivity contribution in [3.63, 3.8) is 0 Å².